The largest absolute Gasteiger partial charge is 0.467 e. The molecule has 4 aromatic rings. The fraction of sp³-hybridized carbons (Fsp3) is 0.100. The van der Waals surface area contributed by atoms with Gasteiger partial charge in [-0.25, -0.2) is 9.37 Å². The van der Waals surface area contributed by atoms with Gasteiger partial charge >= 0.3 is 0 Å². The van der Waals surface area contributed by atoms with Crippen LogP contribution in [-0.2, 0) is 6.54 Å². The van der Waals surface area contributed by atoms with E-state index in [1.807, 2.05) is 13.0 Å². The monoisotopic (exact) mass is 400 g/mol. The number of thiazole rings is 1. The lowest BCUT2D eigenvalue weighted by molar-refractivity contribution is 0.0979. The van der Waals surface area contributed by atoms with Gasteiger partial charge in [0.2, 0.25) is 0 Å². The number of benzene rings is 2. The van der Waals surface area contributed by atoms with Crippen LogP contribution in [0.4, 0.5) is 9.52 Å². The number of furan rings is 1. The van der Waals surface area contributed by atoms with Gasteiger partial charge in [-0.3, -0.25) is 9.69 Å². The number of hydrogen-bond acceptors (Lipinski definition) is 4. The second-order valence-corrected chi connectivity index (χ2v) is 7.38. The highest BCUT2D eigenvalue weighted by Gasteiger charge is 2.25. The average Bonchev–Trinajstić information content (AvgIpc) is 3.32. The minimum atomic E-state index is -0.577. The van der Waals surface area contributed by atoms with Crippen molar-refractivity contribution in [3.63, 3.8) is 0 Å². The molecule has 2 heterocycles. The second kappa shape index (κ2) is 7.13. The van der Waals surface area contributed by atoms with E-state index in [0.717, 1.165) is 15.8 Å². The molecular formula is C20H14ClFN2O2S. The first-order valence-corrected chi connectivity index (χ1v) is 9.38. The summed E-state index contributed by atoms with van der Waals surface area (Å²) >= 11 is 7.54. The minimum absolute atomic E-state index is 0.0157. The molecule has 0 saturated heterocycles. The van der Waals surface area contributed by atoms with Gasteiger partial charge in [-0.05, 0) is 48.9 Å². The van der Waals surface area contributed by atoms with Crippen molar-refractivity contribution >= 4 is 44.2 Å². The van der Waals surface area contributed by atoms with Crippen LogP contribution in [0.1, 0.15) is 21.7 Å². The molecular weight excluding hydrogens is 387 g/mol. The third kappa shape index (κ3) is 3.34. The Hall–Kier alpha value is -2.70. The molecule has 0 aliphatic carbocycles. The van der Waals surface area contributed by atoms with Gasteiger partial charge in [-0.2, -0.15) is 0 Å². The number of anilines is 1. The molecule has 0 unspecified atom stereocenters. The molecule has 0 bridgehead atoms. The molecule has 1 amide bonds. The molecule has 0 radical (unpaired) electrons. The molecule has 0 saturated carbocycles. The molecule has 0 N–H and O–H groups in total. The summed E-state index contributed by atoms with van der Waals surface area (Å²) < 4.78 is 20.5. The zero-order valence-electron chi connectivity index (χ0n) is 14.3. The Kier molecular flexibility index (Phi) is 4.68. The molecule has 4 rings (SSSR count). The Morgan fingerprint density at radius 3 is 2.78 bits per heavy atom. The maximum absolute atomic E-state index is 14.2. The Balaban J connectivity index is 1.82. The Morgan fingerprint density at radius 1 is 1.22 bits per heavy atom. The summed E-state index contributed by atoms with van der Waals surface area (Å²) in [5, 5.41) is 1.07. The van der Waals surface area contributed by atoms with Crippen LogP contribution in [0.3, 0.4) is 0 Å². The quantitative estimate of drug-likeness (QED) is 0.432. The molecule has 0 atom stereocenters. The minimum Gasteiger partial charge on any atom is -0.467 e. The van der Waals surface area contributed by atoms with E-state index in [9.17, 15) is 9.18 Å². The van der Waals surface area contributed by atoms with Gasteiger partial charge in [0.1, 0.15) is 11.6 Å². The number of carbonyl (C=O) groups excluding carboxylic acids is 1. The number of aromatic nitrogens is 1. The topological polar surface area (TPSA) is 46.3 Å². The zero-order chi connectivity index (χ0) is 19.0. The van der Waals surface area contributed by atoms with E-state index in [1.54, 1.807) is 30.3 Å². The molecule has 4 nitrogen and oxygen atoms in total. The van der Waals surface area contributed by atoms with E-state index in [-0.39, 0.29) is 12.1 Å². The first kappa shape index (κ1) is 17.7. The van der Waals surface area contributed by atoms with Crippen LogP contribution in [0.25, 0.3) is 10.2 Å². The van der Waals surface area contributed by atoms with Crippen molar-refractivity contribution in [1.82, 2.24) is 4.98 Å². The number of fused-ring (bicyclic) bond motifs is 1. The maximum Gasteiger partial charge on any atom is 0.263 e. The summed E-state index contributed by atoms with van der Waals surface area (Å²) in [4.78, 5) is 19.1. The lowest BCUT2D eigenvalue weighted by Gasteiger charge is -2.19. The summed E-state index contributed by atoms with van der Waals surface area (Å²) in [5.41, 5.74) is 1.55. The van der Waals surface area contributed by atoms with Crippen molar-refractivity contribution in [3.05, 3.63) is 82.5 Å². The first-order chi connectivity index (χ1) is 13.0. The molecule has 2 aromatic carbocycles. The van der Waals surface area contributed by atoms with E-state index in [1.165, 1.54) is 34.6 Å². The number of amides is 1. The SMILES string of the molecule is Cc1c(Cl)ccc2sc(N(Cc3ccco3)C(=O)c3ccccc3F)nc12. The lowest BCUT2D eigenvalue weighted by atomic mass is 10.2. The van der Waals surface area contributed by atoms with Crippen LogP contribution in [0.15, 0.2) is 59.2 Å². The molecule has 136 valence electrons. The number of carbonyl (C=O) groups is 1. The van der Waals surface area contributed by atoms with Gasteiger partial charge < -0.3 is 4.42 Å². The second-order valence-electron chi connectivity index (χ2n) is 5.97. The number of rotatable bonds is 4. The fourth-order valence-corrected chi connectivity index (χ4v) is 3.94. The van der Waals surface area contributed by atoms with Crippen molar-refractivity contribution in [3.8, 4) is 0 Å². The summed E-state index contributed by atoms with van der Waals surface area (Å²) in [6.07, 6.45) is 1.53. The Labute approximate surface area is 163 Å². The number of nitrogens with zero attached hydrogens (tertiary/aromatic N) is 2. The lowest BCUT2D eigenvalue weighted by Crippen LogP contribution is -2.30. The smallest absolute Gasteiger partial charge is 0.263 e. The van der Waals surface area contributed by atoms with Crippen molar-refractivity contribution in [2.24, 2.45) is 0 Å². The third-order valence-electron chi connectivity index (χ3n) is 4.21. The Morgan fingerprint density at radius 2 is 2.04 bits per heavy atom. The molecule has 0 aliphatic heterocycles. The predicted molar refractivity (Wildman–Crippen MR) is 105 cm³/mol. The molecule has 7 heteroatoms. The van der Waals surface area contributed by atoms with Gasteiger partial charge in [-0.1, -0.05) is 35.1 Å². The molecule has 0 aliphatic rings. The van der Waals surface area contributed by atoms with Crippen LogP contribution in [0.2, 0.25) is 5.02 Å². The molecule has 2 aromatic heterocycles. The van der Waals surface area contributed by atoms with Crippen LogP contribution in [-0.4, -0.2) is 10.9 Å². The van der Waals surface area contributed by atoms with E-state index < -0.39 is 11.7 Å². The number of halogens is 2. The predicted octanol–water partition coefficient (Wildman–Crippen LogP) is 5.84. The van der Waals surface area contributed by atoms with Gasteiger partial charge in [0.05, 0.1) is 28.6 Å². The highest BCUT2D eigenvalue weighted by molar-refractivity contribution is 7.22. The first-order valence-electron chi connectivity index (χ1n) is 8.19. The third-order valence-corrected chi connectivity index (χ3v) is 5.66. The van der Waals surface area contributed by atoms with Crippen LogP contribution in [0.5, 0.6) is 0 Å². The van der Waals surface area contributed by atoms with Gasteiger partial charge in [-0.15, -0.1) is 0 Å². The van der Waals surface area contributed by atoms with Crippen LogP contribution < -0.4 is 4.90 Å². The average molecular weight is 401 g/mol. The number of aryl methyl sites for hydroxylation is 1. The highest BCUT2D eigenvalue weighted by atomic mass is 35.5. The van der Waals surface area contributed by atoms with Crippen LogP contribution in [0, 0.1) is 12.7 Å². The van der Waals surface area contributed by atoms with E-state index >= 15 is 0 Å². The molecule has 0 fully saturated rings. The van der Waals surface area contributed by atoms with Gasteiger partial charge in [0, 0.05) is 5.02 Å². The zero-order valence-corrected chi connectivity index (χ0v) is 15.9. The Bertz CT molecular complexity index is 1120. The normalized spacial score (nSPS) is 11.1. The van der Waals surface area contributed by atoms with E-state index in [2.05, 4.69) is 4.98 Å². The van der Waals surface area contributed by atoms with E-state index in [4.69, 9.17) is 16.0 Å². The fourth-order valence-electron chi connectivity index (χ4n) is 2.77. The van der Waals surface area contributed by atoms with Gasteiger partial charge in [0.15, 0.2) is 5.13 Å². The summed E-state index contributed by atoms with van der Waals surface area (Å²) in [6, 6.07) is 13.1. The highest BCUT2D eigenvalue weighted by Crippen LogP contribution is 2.35. The van der Waals surface area contributed by atoms with Crippen LogP contribution >= 0.6 is 22.9 Å². The summed E-state index contributed by atoms with van der Waals surface area (Å²) in [6.45, 7) is 2.02. The molecule has 0 spiro atoms. The maximum atomic E-state index is 14.2. The summed E-state index contributed by atoms with van der Waals surface area (Å²) in [5.74, 6) is -0.478. The molecule has 27 heavy (non-hydrogen) atoms. The standard InChI is InChI=1S/C20H14ClFN2O2S/c1-12-15(21)8-9-17-18(12)23-20(27-17)24(11-13-5-4-10-26-13)19(25)14-6-2-3-7-16(14)22/h2-10H,11H2,1H3. The van der Waals surface area contributed by atoms with Crippen molar-refractivity contribution in [2.75, 3.05) is 4.90 Å². The van der Waals surface area contributed by atoms with Crippen molar-refractivity contribution < 1.29 is 13.6 Å². The van der Waals surface area contributed by atoms with Crippen molar-refractivity contribution in [1.29, 1.82) is 0 Å². The van der Waals surface area contributed by atoms with E-state index in [0.29, 0.717) is 15.9 Å². The van der Waals surface area contributed by atoms with Crippen molar-refractivity contribution in [2.45, 2.75) is 13.5 Å². The summed E-state index contributed by atoms with van der Waals surface area (Å²) in [7, 11) is 0. The van der Waals surface area contributed by atoms with Gasteiger partial charge in [0.25, 0.3) is 5.91 Å². The number of hydrogen-bond donors (Lipinski definition) is 0.